The predicted molar refractivity (Wildman–Crippen MR) is 436 cm³/mol. The zero-order valence-electron chi connectivity index (χ0n) is 62.4. The second kappa shape index (κ2) is 29.1. The maximum atomic E-state index is 12.0. The number of hydrogen-bond acceptors (Lipinski definition) is 16. The van der Waals surface area contributed by atoms with Gasteiger partial charge in [-0.2, -0.15) is 15.8 Å². The summed E-state index contributed by atoms with van der Waals surface area (Å²) in [5.41, 5.74) is 24.4. The molecule has 7 aliphatic rings. The number of fused-ring (bicyclic) bond motifs is 19. The quantitative estimate of drug-likeness (QED) is 0.145. The first-order valence-electron chi connectivity index (χ1n) is 37.6. The zero-order valence-corrected chi connectivity index (χ0v) is 65.5. The number of nitrogens with zero attached hydrogens (tertiary/aromatic N) is 16. The number of benzene rings is 4. The van der Waals surface area contributed by atoms with E-state index in [9.17, 15) is 15.3 Å². The van der Waals surface area contributed by atoms with Gasteiger partial charge in [-0.1, -0.05) is 58.4 Å². The van der Waals surface area contributed by atoms with Crippen molar-refractivity contribution in [1.82, 2.24) is 63.5 Å². The van der Waals surface area contributed by atoms with E-state index in [-0.39, 0.29) is 11.2 Å². The molecule has 14 heterocycles. The molecule has 0 radical (unpaired) electrons. The summed E-state index contributed by atoms with van der Waals surface area (Å²) < 4.78 is 21.4. The number of carbonyl (C=O) groups excluding carboxylic acids is 1. The molecule has 4 aliphatic heterocycles. The number of rotatable bonds is 7. The van der Waals surface area contributed by atoms with Gasteiger partial charge in [-0.15, -0.1) is 0 Å². The summed E-state index contributed by atoms with van der Waals surface area (Å²) in [6.07, 6.45) is 17.7. The average molecular weight is 1590 g/mol. The van der Waals surface area contributed by atoms with Gasteiger partial charge in [-0.25, -0.2) is 15.0 Å². The topological polar surface area (TPSA) is 277 Å². The zero-order chi connectivity index (χ0) is 76.7. The van der Waals surface area contributed by atoms with Crippen molar-refractivity contribution in [3.8, 4) is 74.9 Å². The molecule has 3 saturated carbocycles. The number of carbonyl (C=O) groups is 1. The van der Waals surface area contributed by atoms with E-state index >= 15 is 0 Å². The van der Waals surface area contributed by atoms with Gasteiger partial charge in [-0.05, 0) is 237 Å². The van der Waals surface area contributed by atoms with E-state index in [0.717, 1.165) is 132 Å². The van der Waals surface area contributed by atoms with Crippen LogP contribution < -0.4 is 11.2 Å². The van der Waals surface area contributed by atoms with Gasteiger partial charge in [-0.3, -0.25) is 39.7 Å². The van der Waals surface area contributed by atoms with Gasteiger partial charge in [0.25, 0.3) is 0 Å². The van der Waals surface area contributed by atoms with E-state index in [1.165, 1.54) is 75.3 Å². The van der Waals surface area contributed by atoms with Crippen molar-refractivity contribution in [3.63, 3.8) is 0 Å². The number of nitriles is 3. The summed E-state index contributed by atoms with van der Waals surface area (Å²) in [5.74, 6) is 4.92. The molecule has 111 heavy (non-hydrogen) atoms. The highest BCUT2D eigenvalue weighted by atomic mass is 79.9. The molecule has 1 amide bonds. The number of nitrogens with two attached hydrogens (primary N) is 1. The third-order valence-corrected chi connectivity index (χ3v) is 24.5. The van der Waals surface area contributed by atoms with Crippen LogP contribution in [0.4, 0.5) is 0 Å². The van der Waals surface area contributed by atoms with Crippen LogP contribution in [0.5, 0.6) is 0 Å². The minimum Gasteiger partial charge on any atom is -0.399 e. The number of imidazole rings is 3. The SMILES string of the molecule is CC1(C)OB(c2ccc3nccc(C#N)c3c2)OC1(C)C.Cc1cccc(-c2nc3n(c2-c2ccc4nccc(C#N)c4c2)C2CCC3C2)n1.Cc1cccc(-c2nc3n(c2-c2ccc4nccc(C(N)=O)c4c2)C2CCC3C2)n1.Cc1cccc(-c2nc3n(c2Br)C2CCC3C2)n1.N#Cc1ccnc2ccc(Br)cc12. The molecule has 21 rings (SSSR count). The summed E-state index contributed by atoms with van der Waals surface area (Å²) >= 11 is 7.08. The molecule has 4 aromatic carbocycles. The number of hydrogen-bond donors (Lipinski definition) is 1. The van der Waals surface area contributed by atoms with Crippen LogP contribution in [0.1, 0.15) is 183 Å². The van der Waals surface area contributed by atoms with Crippen molar-refractivity contribution in [3.05, 3.63) is 242 Å². The number of halogens is 2. The molecule has 10 aromatic heterocycles. The molecule has 1 saturated heterocycles. The standard InChI is InChI=1S/C24H21N5O.C24H19N5.C16H17BN2O2.C14H14BrN3.C10H5BrN2/c1-13-3-2-4-20(27-13)21-22(29-16-7-5-15(11-16)24(29)28-21)14-6-8-19-18(12-14)17(23(25)30)9-10-26-19;1-14-3-2-4-21(27-14)22-23(29-18-7-5-16(11-18)24(29)28-22)15-6-8-20-19(12-15)17(13-25)9-10-26-20;1-15(2)16(3,4)21-17(20-15)12-5-6-14-13(9-12)11(10-18)7-8-19-14;1-8-3-2-4-11(16-8)12-13(15)18-10-6-5-9(7-10)14(18)17-12;11-8-1-2-10-9(5-8)7(6-12)3-4-13-10/h2-4,6,8-10,12,15-16H,5,7,11H2,1H3,(H2,25,30);2-4,6,8-10,12,16,18H,5,7,11H2,1H3;5-9H,1-4H3;2-4,9-10H,5-7H2,1H3;1-5H. The van der Waals surface area contributed by atoms with Gasteiger partial charge >= 0.3 is 7.12 Å². The van der Waals surface area contributed by atoms with E-state index < -0.39 is 13.0 Å². The second-order valence-corrected chi connectivity index (χ2v) is 32.3. The summed E-state index contributed by atoms with van der Waals surface area (Å²) in [5, 5.41) is 31.0. The molecule has 3 aliphatic carbocycles. The van der Waals surface area contributed by atoms with Gasteiger partial charge in [0.1, 0.15) is 39.2 Å². The first-order chi connectivity index (χ1) is 53.7. The average Bonchev–Trinajstić information content (AvgIpc) is 1.58. The second-order valence-electron chi connectivity index (χ2n) is 30.7. The Morgan fingerprint density at radius 2 is 0.847 bits per heavy atom. The van der Waals surface area contributed by atoms with Crippen LogP contribution in [0.2, 0.25) is 0 Å². The molecule has 548 valence electrons. The summed E-state index contributed by atoms with van der Waals surface area (Å²) in [6.45, 7) is 14.1. The highest BCUT2D eigenvalue weighted by molar-refractivity contribution is 9.10. The molecule has 6 unspecified atom stereocenters. The Kier molecular flexibility index (Phi) is 18.9. The molecule has 20 nitrogen and oxygen atoms in total. The fraction of sp³-hybridized carbons (Fsp3) is 0.273. The van der Waals surface area contributed by atoms with Crippen molar-refractivity contribution >= 4 is 94.0 Å². The lowest BCUT2D eigenvalue weighted by Gasteiger charge is -2.32. The molecule has 6 bridgehead atoms. The molecular formula is C88H76BBr2N17O3. The predicted octanol–water partition coefficient (Wildman–Crippen LogP) is 18.7. The third-order valence-electron chi connectivity index (χ3n) is 23.2. The van der Waals surface area contributed by atoms with Gasteiger partial charge in [0, 0.05) is 115 Å². The maximum Gasteiger partial charge on any atom is 0.494 e. The molecule has 2 N–H and O–H groups in total. The van der Waals surface area contributed by atoms with Crippen LogP contribution in [0.25, 0.3) is 100 Å². The van der Waals surface area contributed by atoms with E-state index in [2.05, 4.69) is 107 Å². The fourth-order valence-corrected chi connectivity index (χ4v) is 18.3. The van der Waals surface area contributed by atoms with Crippen LogP contribution in [-0.2, 0) is 9.31 Å². The Labute approximate surface area is 659 Å². The van der Waals surface area contributed by atoms with Crippen molar-refractivity contribution < 1.29 is 14.1 Å². The Morgan fingerprint density at radius 1 is 0.459 bits per heavy atom. The smallest absolute Gasteiger partial charge is 0.399 e. The molecule has 0 spiro atoms. The lowest BCUT2D eigenvalue weighted by atomic mass is 9.78. The van der Waals surface area contributed by atoms with Crippen molar-refractivity contribution in [1.29, 1.82) is 15.8 Å². The van der Waals surface area contributed by atoms with E-state index in [4.69, 9.17) is 45.2 Å². The largest absolute Gasteiger partial charge is 0.494 e. The minimum atomic E-state index is -0.447. The van der Waals surface area contributed by atoms with Crippen molar-refractivity contribution in [2.75, 3.05) is 0 Å². The Bertz CT molecular complexity index is 6230. The third kappa shape index (κ3) is 13.3. The normalized spacial score (nSPS) is 19.2. The highest BCUT2D eigenvalue weighted by Crippen LogP contribution is 2.55. The number of amides is 1. The molecular weight excluding hydrogens is 1510 g/mol. The van der Waals surface area contributed by atoms with Crippen molar-refractivity contribution in [2.24, 2.45) is 5.73 Å². The molecule has 4 fully saturated rings. The maximum absolute atomic E-state index is 12.0. The summed E-state index contributed by atoms with van der Waals surface area (Å²) in [7, 11) is -0.425. The number of aromatic nitrogens is 13. The van der Waals surface area contributed by atoms with Crippen LogP contribution in [-0.4, -0.2) is 87.8 Å². The van der Waals surface area contributed by atoms with Gasteiger partial charge in [0.05, 0.1) is 102 Å². The van der Waals surface area contributed by atoms with E-state index in [1.807, 2.05) is 158 Å². The highest BCUT2D eigenvalue weighted by Gasteiger charge is 2.52. The molecule has 23 heteroatoms. The van der Waals surface area contributed by atoms with Crippen LogP contribution in [0, 0.1) is 54.8 Å². The number of primary amides is 1. The van der Waals surface area contributed by atoms with Crippen LogP contribution >= 0.6 is 31.9 Å². The Morgan fingerprint density at radius 3 is 1.30 bits per heavy atom. The Balaban J connectivity index is 0.000000104. The fourth-order valence-electron chi connectivity index (χ4n) is 17.2. The summed E-state index contributed by atoms with van der Waals surface area (Å²) in [4.78, 5) is 58.4. The van der Waals surface area contributed by atoms with E-state index in [1.54, 1.807) is 49.1 Å². The monoisotopic (exact) mass is 1590 g/mol. The first kappa shape index (κ1) is 72.4. The lowest BCUT2D eigenvalue weighted by Crippen LogP contribution is -2.41. The van der Waals surface area contributed by atoms with Crippen LogP contribution in [0.3, 0.4) is 0 Å². The molecule has 6 atom stereocenters. The van der Waals surface area contributed by atoms with Gasteiger partial charge in [0.15, 0.2) is 0 Å². The Hall–Kier alpha value is -11.5. The number of pyridine rings is 7. The van der Waals surface area contributed by atoms with Crippen molar-refractivity contribution in [2.45, 2.75) is 153 Å². The summed E-state index contributed by atoms with van der Waals surface area (Å²) in [6, 6.07) is 57.1. The molecule has 14 aromatic rings. The lowest BCUT2D eigenvalue weighted by molar-refractivity contribution is 0.00578. The van der Waals surface area contributed by atoms with Gasteiger partial charge in [0.2, 0.25) is 5.91 Å². The van der Waals surface area contributed by atoms with Crippen LogP contribution in [0.15, 0.2) is 186 Å². The first-order valence-corrected chi connectivity index (χ1v) is 39.2. The van der Waals surface area contributed by atoms with E-state index in [0.29, 0.717) is 58.1 Å². The minimum absolute atomic E-state index is 0.375. The van der Waals surface area contributed by atoms with Gasteiger partial charge < -0.3 is 28.7 Å². The number of aryl methyl sites for hydroxylation is 3.